The number of fused-ring (bicyclic) bond motifs is 1. The van der Waals surface area contributed by atoms with Gasteiger partial charge in [-0.3, -0.25) is 4.79 Å². The molecule has 5 nitrogen and oxygen atoms in total. The molecule has 4 rings (SSSR count). The lowest BCUT2D eigenvalue weighted by atomic mass is 9.70. The Balaban J connectivity index is 1.69. The van der Waals surface area contributed by atoms with Crippen molar-refractivity contribution in [1.29, 1.82) is 0 Å². The van der Waals surface area contributed by atoms with E-state index in [0.29, 0.717) is 17.4 Å². The molecule has 0 bridgehead atoms. The third-order valence-electron chi connectivity index (χ3n) is 5.79. The molecule has 1 aliphatic carbocycles. The van der Waals surface area contributed by atoms with E-state index in [1.54, 1.807) is 0 Å². The zero-order valence-electron chi connectivity index (χ0n) is 17.7. The summed E-state index contributed by atoms with van der Waals surface area (Å²) in [5, 5.41) is 6.33. The van der Waals surface area contributed by atoms with Crippen molar-refractivity contribution < 1.29 is 4.79 Å². The highest BCUT2D eigenvalue weighted by Crippen LogP contribution is 2.46. The van der Waals surface area contributed by atoms with E-state index >= 15 is 0 Å². The van der Waals surface area contributed by atoms with E-state index in [1.165, 1.54) is 25.3 Å². The van der Waals surface area contributed by atoms with Crippen LogP contribution in [0.3, 0.4) is 0 Å². The number of carbonyl (C=O) groups excluding carboxylic acids is 1. The highest BCUT2D eigenvalue weighted by Gasteiger charge is 2.34. The molecule has 2 aromatic carbocycles. The van der Waals surface area contributed by atoms with Crippen molar-refractivity contribution in [3.63, 3.8) is 0 Å². The summed E-state index contributed by atoms with van der Waals surface area (Å²) in [4.78, 5) is 16.2. The monoisotopic (exact) mass is 390 g/mol. The van der Waals surface area contributed by atoms with E-state index in [4.69, 9.17) is 4.98 Å². The van der Waals surface area contributed by atoms with Crippen LogP contribution >= 0.6 is 0 Å². The topological polar surface area (TPSA) is 59.0 Å². The number of imidazole rings is 1. The lowest BCUT2D eigenvalue weighted by molar-refractivity contribution is -0.114. The van der Waals surface area contributed by atoms with E-state index in [9.17, 15) is 4.79 Å². The van der Waals surface area contributed by atoms with Crippen molar-refractivity contribution in [2.75, 3.05) is 10.6 Å². The fourth-order valence-electron chi connectivity index (χ4n) is 4.96. The molecule has 5 heteroatoms. The predicted octanol–water partition coefficient (Wildman–Crippen LogP) is 6.13. The molecule has 0 aliphatic heterocycles. The Bertz CT molecular complexity index is 1020. The van der Waals surface area contributed by atoms with Gasteiger partial charge in [0.05, 0.1) is 11.0 Å². The van der Waals surface area contributed by atoms with Gasteiger partial charge in [0.2, 0.25) is 11.9 Å². The first kappa shape index (κ1) is 19.5. The first-order chi connectivity index (χ1) is 13.8. The molecular weight excluding hydrogens is 360 g/mol. The Morgan fingerprint density at radius 1 is 1.07 bits per heavy atom. The fourth-order valence-corrected chi connectivity index (χ4v) is 4.96. The van der Waals surface area contributed by atoms with Crippen LogP contribution in [0.25, 0.3) is 11.0 Å². The van der Waals surface area contributed by atoms with Crippen LogP contribution in [0.2, 0.25) is 0 Å². The highest BCUT2D eigenvalue weighted by atomic mass is 16.1. The number of carbonyl (C=O) groups is 1. The van der Waals surface area contributed by atoms with Crippen LogP contribution in [0.1, 0.15) is 53.0 Å². The maximum absolute atomic E-state index is 11.2. The summed E-state index contributed by atoms with van der Waals surface area (Å²) in [7, 11) is 0. The van der Waals surface area contributed by atoms with Gasteiger partial charge in [0, 0.05) is 24.3 Å². The highest BCUT2D eigenvalue weighted by molar-refractivity contribution is 5.89. The van der Waals surface area contributed by atoms with Gasteiger partial charge >= 0.3 is 0 Å². The third kappa shape index (κ3) is 4.29. The maximum Gasteiger partial charge on any atom is 0.221 e. The van der Waals surface area contributed by atoms with Gasteiger partial charge in [-0.25, -0.2) is 4.98 Å². The summed E-state index contributed by atoms with van der Waals surface area (Å²) in [5.41, 5.74) is 4.27. The Morgan fingerprint density at radius 3 is 2.45 bits per heavy atom. The van der Waals surface area contributed by atoms with E-state index < -0.39 is 0 Å². The van der Waals surface area contributed by atoms with Crippen molar-refractivity contribution in [2.45, 2.75) is 53.0 Å². The van der Waals surface area contributed by atoms with Crippen molar-refractivity contribution in [2.24, 2.45) is 11.3 Å². The Morgan fingerprint density at radius 2 is 1.76 bits per heavy atom. The van der Waals surface area contributed by atoms with Gasteiger partial charge < -0.3 is 15.2 Å². The molecule has 29 heavy (non-hydrogen) atoms. The number of nitrogens with one attached hydrogen (secondary N) is 2. The van der Waals surface area contributed by atoms with Crippen LogP contribution in [-0.4, -0.2) is 15.5 Å². The molecule has 3 aromatic rings. The lowest BCUT2D eigenvalue weighted by Crippen LogP contribution is -2.29. The van der Waals surface area contributed by atoms with Crippen LogP contribution in [0, 0.1) is 11.3 Å². The number of hydrogen-bond donors (Lipinski definition) is 2. The summed E-state index contributed by atoms with van der Waals surface area (Å²) >= 11 is 0. The number of amides is 1. The zero-order valence-corrected chi connectivity index (χ0v) is 17.7. The molecule has 0 radical (unpaired) electrons. The Hall–Kier alpha value is -2.82. The molecule has 152 valence electrons. The lowest BCUT2D eigenvalue weighted by Gasteiger charge is -2.40. The van der Waals surface area contributed by atoms with Crippen molar-refractivity contribution >= 4 is 34.3 Å². The van der Waals surface area contributed by atoms with E-state index in [2.05, 4.69) is 54.2 Å². The summed E-state index contributed by atoms with van der Waals surface area (Å²) in [5.74, 6) is 1.50. The number of para-hydroxylation sites is 2. The van der Waals surface area contributed by atoms with Crippen LogP contribution in [-0.2, 0) is 4.79 Å². The molecule has 0 spiro atoms. The van der Waals surface area contributed by atoms with Gasteiger partial charge in [-0.15, -0.1) is 0 Å². The predicted molar refractivity (Wildman–Crippen MR) is 120 cm³/mol. The van der Waals surface area contributed by atoms with Crippen LogP contribution in [0.15, 0.2) is 48.5 Å². The van der Waals surface area contributed by atoms with Crippen LogP contribution in [0.4, 0.5) is 17.3 Å². The minimum Gasteiger partial charge on any atom is -0.326 e. The molecule has 1 aromatic heterocycles. The molecule has 1 unspecified atom stereocenters. The van der Waals surface area contributed by atoms with E-state index in [1.807, 2.05) is 30.3 Å². The standard InChI is InChI=1S/C24H30N4O/c1-16-13-20(15-24(3,4)14-16)28-22-8-6-5-7-21(22)27-23(28)26-19-11-9-18(10-12-19)25-17(2)29/h5-12,16,20H,13-15H2,1-4H3,(H,25,29)(H,26,27)/t16-,20?/m0/s1. The first-order valence-electron chi connectivity index (χ1n) is 10.4. The summed E-state index contributed by atoms with van der Waals surface area (Å²) in [6.07, 6.45) is 3.58. The number of benzene rings is 2. The number of hydrogen-bond acceptors (Lipinski definition) is 3. The maximum atomic E-state index is 11.2. The molecule has 2 atom stereocenters. The molecule has 1 saturated carbocycles. The van der Waals surface area contributed by atoms with Gasteiger partial charge in [0.1, 0.15) is 0 Å². The zero-order chi connectivity index (χ0) is 20.6. The van der Waals surface area contributed by atoms with Crippen LogP contribution < -0.4 is 10.6 Å². The third-order valence-corrected chi connectivity index (χ3v) is 5.79. The van der Waals surface area contributed by atoms with Crippen molar-refractivity contribution in [3.05, 3.63) is 48.5 Å². The molecule has 1 heterocycles. The molecule has 0 saturated heterocycles. The normalized spacial score (nSPS) is 21.1. The SMILES string of the molecule is CC(=O)Nc1ccc(Nc2nc3ccccc3n2C2C[C@H](C)CC(C)(C)C2)cc1. The van der Waals surface area contributed by atoms with Crippen LogP contribution in [0.5, 0.6) is 0 Å². The largest absolute Gasteiger partial charge is 0.326 e. The van der Waals surface area contributed by atoms with Gasteiger partial charge in [-0.05, 0) is 67.0 Å². The van der Waals surface area contributed by atoms with Gasteiger partial charge in [-0.2, -0.15) is 0 Å². The number of anilines is 3. The summed E-state index contributed by atoms with van der Waals surface area (Å²) in [6.45, 7) is 8.63. The molecule has 2 N–H and O–H groups in total. The number of nitrogens with zero attached hydrogens (tertiary/aromatic N) is 2. The fraction of sp³-hybridized carbons (Fsp3) is 0.417. The summed E-state index contributed by atoms with van der Waals surface area (Å²) < 4.78 is 2.40. The van der Waals surface area contributed by atoms with Crippen molar-refractivity contribution in [3.8, 4) is 0 Å². The quantitative estimate of drug-likeness (QED) is 0.564. The second kappa shape index (κ2) is 7.54. The average Bonchev–Trinajstić information content (AvgIpc) is 2.99. The average molecular weight is 391 g/mol. The van der Waals surface area contributed by atoms with E-state index in [-0.39, 0.29) is 5.91 Å². The van der Waals surface area contributed by atoms with Gasteiger partial charge in [0.15, 0.2) is 0 Å². The molecular formula is C24H30N4O. The smallest absolute Gasteiger partial charge is 0.221 e. The molecule has 1 amide bonds. The second-order valence-corrected chi connectivity index (χ2v) is 9.24. The Kier molecular flexibility index (Phi) is 5.07. The molecule has 1 fully saturated rings. The van der Waals surface area contributed by atoms with Gasteiger partial charge in [0.25, 0.3) is 0 Å². The minimum atomic E-state index is -0.0680. The Labute approximate surface area is 172 Å². The number of aromatic nitrogens is 2. The minimum absolute atomic E-state index is 0.0680. The molecule has 1 aliphatic rings. The van der Waals surface area contributed by atoms with E-state index in [0.717, 1.165) is 29.3 Å². The summed E-state index contributed by atoms with van der Waals surface area (Å²) in [6, 6.07) is 16.6. The first-order valence-corrected chi connectivity index (χ1v) is 10.4. The second-order valence-electron chi connectivity index (χ2n) is 9.24. The van der Waals surface area contributed by atoms with Gasteiger partial charge in [-0.1, -0.05) is 32.9 Å². The van der Waals surface area contributed by atoms with Crippen molar-refractivity contribution in [1.82, 2.24) is 9.55 Å². The number of rotatable bonds is 4.